The molecule has 3 nitrogen and oxygen atoms in total. The molecular formula is C12H20N2O. The number of rotatable bonds is 2. The van der Waals surface area contributed by atoms with Crippen LogP contribution in [0.15, 0.2) is 0 Å². The number of amides is 1. The first-order valence-electron chi connectivity index (χ1n) is 6.34. The highest BCUT2D eigenvalue weighted by atomic mass is 16.2. The molecule has 0 spiro atoms. The van der Waals surface area contributed by atoms with Gasteiger partial charge in [0.15, 0.2) is 0 Å². The summed E-state index contributed by atoms with van der Waals surface area (Å²) in [5, 5.41) is 6.53. The van der Waals surface area contributed by atoms with Gasteiger partial charge in [0.2, 0.25) is 5.91 Å². The third-order valence-corrected chi connectivity index (χ3v) is 4.26. The lowest BCUT2D eigenvalue weighted by molar-refractivity contribution is -0.125. The van der Waals surface area contributed by atoms with E-state index in [2.05, 4.69) is 10.6 Å². The minimum Gasteiger partial charge on any atom is -0.352 e. The van der Waals surface area contributed by atoms with Crippen LogP contribution in [0.4, 0.5) is 0 Å². The Labute approximate surface area is 91.0 Å². The molecule has 2 saturated carbocycles. The molecule has 2 aliphatic carbocycles. The van der Waals surface area contributed by atoms with E-state index >= 15 is 0 Å². The Balaban J connectivity index is 1.47. The van der Waals surface area contributed by atoms with E-state index in [0.29, 0.717) is 17.9 Å². The van der Waals surface area contributed by atoms with Crippen LogP contribution < -0.4 is 10.6 Å². The number of carbonyl (C=O) groups is 1. The Hall–Kier alpha value is -0.570. The van der Waals surface area contributed by atoms with Crippen LogP contribution in [0.25, 0.3) is 0 Å². The van der Waals surface area contributed by atoms with Gasteiger partial charge in [0, 0.05) is 18.5 Å². The summed E-state index contributed by atoms with van der Waals surface area (Å²) in [6.07, 6.45) is 6.07. The van der Waals surface area contributed by atoms with Crippen LogP contribution in [0.2, 0.25) is 0 Å². The molecule has 0 bridgehead atoms. The molecule has 0 aromatic heterocycles. The predicted molar refractivity (Wildman–Crippen MR) is 58.4 cm³/mol. The van der Waals surface area contributed by atoms with Gasteiger partial charge in [-0.05, 0) is 50.5 Å². The molecule has 3 aliphatic rings. The van der Waals surface area contributed by atoms with E-state index < -0.39 is 0 Å². The van der Waals surface area contributed by atoms with Crippen molar-refractivity contribution in [2.45, 2.75) is 38.1 Å². The Morgan fingerprint density at radius 2 is 2.00 bits per heavy atom. The summed E-state index contributed by atoms with van der Waals surface area (Å²) >= 11 is 0. The summed E-state index contributed by atoms with van der Waals surface area (Å²) < 4.78 is 0. The van der Waals surface area contributed by atoms with Crippen LogP contribution in [0, 0.1) is 17.8 Å². The molecular weight excluding hydrogens is 188 g/mol. The van der Waals surface area contributed by atoms with Crippen LogP contribution in [0.5, 0.6) is 0 Å². The van der Waals surface area contributed by atoms with E-state index in [1.807, 2.05) is 0 Å². The van der Waals surface area contributed by atoms with Gasteiger partial charge < -0.3 is 10.6 Å². The number of hydrogen-bond donors (Lipinski definition) is 2. The lowest BCUT2D eigenvalue weighted by atomic mass is 10.0. The molecule has 84 valence electrons. The third kappa shape index (κ3) is 2.03. The average molecular weight is 208 g/mol. The van der Waals surface area contributed by atoms with E-state index in [0.717, 1.165) is 44.2 Å². The van der Waals surface area contributed by atoms with Crippen molar-refractivity contribution in [2.24, 2.45) is 17.8 Å². The normalized spacial score (nSPS) is 43.5. The first-order valence-corrected chi connectivity index (χ1v) is 6.34. The fourth-order valence-electron chi connectivity index (χ4n) is 3.22. The van der Waals surface area contributed by atoms with Gasteiger partial charge in [-0.3, -0.25) is 4.79 Å². The largest absolute Gasteiger partial charge is 0.352 e. The van der Waals surface area contributed by atoms with Crippen molar-refractivity contribution in [1.82, 2.24) is 10.6 Å². The average Bonchev–Trinajstić information content (AvgIpc) is 2.87. The van der Waals surface area contributed by atoms with E-state index in [-0.39, 0.29) is 0 Å². The fraction of sp³-hybridized carbons (Fsp3) is 0.917. The van der Waals surface area contributed by atoms with E-state index in [9.17, 15) is 4.79 Å². The first kappa shape index (κ1) is 9.64. The Kier molecular flexibility index (Phi) is 2.43. The lowest BCUT2D eigenvalue weighted by Gasteiger charge is -2.25. The van der Waals surface area contributed by atoms with Crippen LogP contribution in [-0.2, 0) is 4.79 Å². The molecule has 1 saturated heterocycles. The smallest absolute Gasteiger partial charge is 0.223 e. The molecule has 1 amide bonds. The molecule has 3 heteroatoms. The maximum absolute atomic E-state index is 11.9. The summed E-state index contributed by atoms with van der Waals surface area (Å²) in [7, 11) is 0. The van der Waals surface area contributed by atoms with Crippen molar-refractivity contribution < 1.29 is 4.79 Å². The first-order chi connectivity index (χ1) is 7.33. The van der Waals surface area contributed by atoms with Gasteiger partial charge in [-0.15, -0.1) is 0 Å². The second-order valence-corrected chi connectivity index (χ2v) is 5.48. The zero-order chi connectivity index (χ0) is 10.3. The zero-order valence-corrected chi connectivity index (χ0v) is 9.17. The predicted octanol–water partition coefficient (Wildman–Crippen LogP) is 0.901. The maximum Gasteiger partial charge on any atom is 0.223 e. The summed E-state index contributed by atoms with van der Waals surface area (Å²) in [6.45, 7) is 2.07. The minimum absolute atomic E-state index is 0.330. The van der Waals surface area contributed by atoms with E-state index in [4.69, 9.17) is 0 Å². The van der Waals surface area contributed by atoms with Crippen molar-refractivity contribution in [3.05, 3.63) is 0 Å². The molecule has 0 radical (unpaired) electrons. The second kappa shape index (κ2) is 3.78. The molecule has 0 aromatic carbocycles. The van der Waals surface area contributed by atoms with Crippen LogP contribution in [-0.4, -0.2) is 25.0 Å². The summed E-state index contributed by atoms with van der Waals surface area (Å²) in [5.74, 6) is 2.49. The van der Waals surface area contributed by atoms with Gasteiger partial charge in [-0.2, -0.15) is 0 Å². The lowest BCUT2D eigenvalue weighted by Crippen LogP contribution is -2.47. The summed E-state index contributed by atoms with van der Waals surface area (Å²) in [5.41, 5.74) is 0. The number of fused-ring (bicyclic) bond motifs is 1. The molecule has 3 rings (SSSR count). The van der Waals surface area contributed by atoms with Crippen molar-refractivity contribution in [3.8, 4) is 0 Å². The summed E-state index contributed by atoms with van der Waals surface area (Å²) in [6, 6.07) is 0.392. The van der Waals surface area contributed by atoms with E-state index in [1.54, 1.807) is 0 Å². The second-order valence-electron chi connectivity index (χ2n) is 5.48. The summed E-state index contributed by atoms with van der Waals surface area (Å²) in [4.78, 5) is 11.9. The number of nitrogens with one attached hydrogen (secondary N) is 2. The zero-order valence-electron chi connectivity index (χ0n) is 9.17. The third-order valence-electron chi connectivity index (χ3n) is 4.26. The molecule has 3 fully saturated rings. The highest BCUT2D eigenvalue weighted by molar-refractivity contribution is 5.79. The molecule has 2 N–H and O–H groups in total. The van der Waals surface area contributed by atoms with Crippen molar-refractivity contribution in [3.63, 3.8) is 0 Å². The minimum atomic E-state index is 0.330. The van der Waals surface area contributed by atoms with Crippen molar-refractivity contribution in [2.75, 3.05) is 13.1 Å². The van der Waals surface area contributed by atoms with Crippen LogP contribution in [0.1, 0.15) is 32.1 Å². The van der Waals surface area contributed by atoms with Gasteiger partial charge in [0.1, 0.15) is 0 Å². The highest BCUT2D eigenvalue weighted by Crippen LogP contribution is 2.54. The van der Waals surface area contributed by atoms with Gasteiger partial charge in [-0.1, -0.05) is 0 Å². The highest BCUT2D eigenvalue weighted by Gasteiger charge is 2.48. The Bertz CT molecular complexity index is 250. The number of carbonyl (C=O) groups excluding carboxylic acids is 1. The maximum atomic E-state index is 11.9. The molecule has 3 atom stereocenters. The molecule has 1 heterocycles. The Morgan fingerprint density at radius 1 is 1.20 bits per heavy atom. The van der Waals surface area contributed by atoms with Crippen LogP contribution in [0.3, 0.4) is 0 Å². The van der Waals surface area contributed by atoms with Crippen molar-refractivity contribution in [1.29, 1.82) is 0 Å². The van der Waals surface area contributed by atoms with Gasteiger partial charge in [0.05, 0.1) is 0 Å². The topological polar surface area (TPSA) is 41.1 Å². The van der Waals surface area contributed by atoms with Crippen LogP contribution >= 0.6 is 0 Å². The standard InChI is InChI=1S/C12H20N2O/c15-12(10-5-8-4-9(8)6-10)14-11-2-1-3-13-7-11/h8-11,13H,1-7H2,(H,14,15)/t8?,9?,10?,11-/m0/s1. The van der Waals surface area contributed by atoms with E-state index in [1.165, 1.54) is 12.8 Å². The molecule has 0 aromatic rings. The Morgan fingerprint density at radius 3 is 2.67 bits per heavy atom. The van der Waals surface area contributed by atoms with Crippen molar-refractivity contribution >= 4 is 5.91 Å². The molecule has 1 aliphatic heterocycles. The molecule has 15 heavy (non-hydrogen) atoms. The number of hydrogen-bond acceptors (Lipinski definition) is 2. The fourth-order valence-corrected chi connectivity index (χ4v) is 3.22. The monoisotopic (exact) mass is 208 g/mol. The molecule has 2 unspecified atom stereocenters. The van der Waals surface area contributed by atoms with Gasteiger partial charge in [-0.25, -0.2) is 0 Å². The SMILES string of the molecule is O=C(N[C@H]1CCCNC1)C1CC2CC2C1. The number of piperidine rings is 1. The van der Waals surface area contributed by atoms with Gasteiger partial charge in [0.25, 0.3) is 0 Å². The van der Waals surface area contributed by atoms with Gasteiger partial charge >= 0.3 is 0 Å². The quantitative estimate of drug-likeness (QED) is 0.708.